The van der Waals surface area contributed by atoms with Crippen LogP contribution >= 0.6 is 27.3 Å². The largest absolute Gasteiger partial charge is 0.476 e. The van der Waals surface area contributed by atoms with Gasteiger partial charge in [0, 0.05) is 28.3 Å². The Morgan fingerprint density at radius 3 is 2.76 bits per heavy atom. The molecule has 21 heavy (non-hydrogen) atoms. The second kappa shape index (κ2) is 5.87. The van der Waals surface area contributed by atoms with E-state index in [0.29, 0.717) is 0 Å². The first-order valence-corrected chi connectivity index (χ1v) is 8.82. The molecule has 0 unspecified atom stereocenters. The molecular weight excluding hydrogens is 382 g/mol. The molecule has 2 aromatic heterocycles. The van der Waals surface area contributed by atoms with E-state index < -0.39 is 21.7 Å². The lowest BCUT2D eigenvalue weighted by Gasteiger charge is -2.16. The molecule has 7 nitrogen and oxygen atoms in total. The monoisotopic (exact) mass is 393 g/mol. The first-order chi connectivity index (χ1) is 9.73. The van der Waals surface area contributed by atoms with Crippen LogP contribution in [0.4, 0.5) is 0 Å². The number of hydrogen-bond acceptors (Lipinski definition) is 5. The number of aryl methyl sites for hydroxylation is 1. The summed E-state index contributed by atoms with van der Waals surface area (Å²) in [5, 5.41) is 16.8. The van der Waals surface area contributed by atoms with Crippen LogP contribution in [0.3, 0.4) is 0 Å². The molecule has 2 aromatic rings. The summed E-state index contributed by atoms with van der Waals surface area (Å²) in [6.07, 6.45) is 0. The molecule has 0 saturated carbocycles. The molecule has 0 aliphatic rings. The Labute approximate surface area is 133 Å². The number of nitrogens with zero attached hydrogens (tertiary/aromatic N) is 2. The van der Waals surface area contributed by atoms with Crippen molar-refractivity contribution in [2.45, 2.75) is 18.4 Å². The van der Waals surface area contributed by atoms with E-state index in [4.69, 9.17) is 5.11 Å². The number of halogens is 1. The van der Waals surface area contributed by atoms with Gasteiger partial charge in [0.1, 0.15) is 4.90 Å². The fourth-order valence-corrected chi connectivity index (χ4v) is 4.79. The van der Waals surface area contributed by atoms with Crippen LogP contribution in [0.15, 0.2) is 20.8 Å². The zero-order chi connectivity index (χ0) is 15.8. The second-order valence-corrected chi connectivity index (χ2v) is 8.22. The molecule has 0 fully saturated rings. The maximum Gasteiger partial charge on any atom is 0.357 e. The number of aromatic amines is 1. The molecule has 0 aromatic carbocycles. The molecule has 0 amide bonds. The summed E-state index contributed by atoms with van der Waals surface area (Å²) in [6, 6.07) is 1.82. The number of aromatic nitrogens is 2. The van der Waals surface area contributed by atoms with Gasteiger partial charge in [-0.15, -0.1) is 11.3 Å². The number of sulfonamides is 1. The van der Waals surface area contributed by atoms with Gasteiger partial charge < -0.3 is 5.11 Å². The van der Waals surface area contributed by atoms with Gasteiger partial charge in [-0.2, -0.15) is 9.40 Å². The Morgan fingerprint density at radius 1 is 1.57 bits per heavy atom. The highest BCUT2D eigenvalue weighted by atomic mass is 79.9. The molecule has 0 radical (unpaired) electrons. The molecule has 0 bridgehead atoms. The van der Waals surface area contributed by atoms with Crippen LogP contribution in [0.1, 0.15) is 21.1 Å². The Hall–Kier alpha value is -1.23. The predicted molar refractivity (Wildman–Crippen MR) is 81.0 cm³/mol. The highest BCUT2D eigenvalue weighted by Crippen LogP contribution is 2.25. The Balaban J connectivity index is 2.37. The predicted octanol–water partition coefficient (Wildman–Crippen LogP) is 2.06. The standard InChI is InChI=1S/C11H12BrN3O4S2/c1-6-10(9(11(16)17)14-13-6)21(18,19)15(2)4-8-3-7(12)5-20-8/h3,5H,4H2,1-2H3,(H,13,14)(H,16,17). The average molecular weight is 394 g/mol. The van der Waals surface area contributed by atoms with Gasteiger partial charge in [-0.1, -0.05) is 0 Å². The number of H-pyrrole nitrogens is 1. The van der Waals surface area contributed by atoms with E-state index in [1.165, 1.54) is 25.3 Å². The fraction of sp³-hybridized carbons (Fsp3) is 0.273. The third-order valence-corrected chi connectivity index (χ3v) is 6.41. The quantitative estimate of drug-likeness (QED) is 0.808. The third kappa shape index (κ3) is 3.18. The number of carbonyl (C=O) groups is 1. The molecule has 0 aliphatic heterocycles. The van der Waals surface area contributed by atoms with Gasteiger partial charge in [0.25, 0.3) is 0 Å². The number of thiophene rings is 1. The molecule has 10 heteroatoms. The highest BCUT2D eigenvalue weighted by Gasteiger charge is 2.31. The minimum atomic E-state index is -3.94. The molecule has 2 N–H and O–H groups in total. The van der Waals surface area contributed by atoms with Crippen molar-refractivity contribution in [3.05, 3.63) is 32.2 Å². The summed E-state index contributed by atoms with van der Waals surface area (Å²) in [6.45, 7) is 1.63. The molecule has 2 rings (SSSR count). The minimum Gasteiger partial charge on any atom is -0.476 e. The normalized spacial score (nSPS) is 12.0. The molecule has 2 heterocycles. The summed E-state index contributed by atoms with van der Waals surface area (Å²) in [5.74, 6) is -1.38. The maximum atomic E-state index is 12.5. The van der Waals surface area contributed by atoms with E-state index in [0.717, 1.165) is 13.7 Å². The lowest BCUT2D eigenvalue weighted by Crippen LogP contribution is -2.27. The van der Waals surface area contributed by atoms with Crippen molar-refractivity contribution in [1.82, 2.24) is 14.5 Å². The Bertz CT molecular complexity index is 781. The third-order valence-electron chi connectivity index (χ3n) is 2.76. The van der Waals surface area contributed by atoms with Crippen molar-refractivity contribution in [2.24, 2.45) is 0 Å². The van der Waals surface area contributed by atoms with Gasteiger partial charge in [-0.3, -0.25) is 5.10 Å². The van der Waals surface area contributed by atoms with Crippen LogP contribution in [0.25, 0.3) is 0 Å². The lowest BCUT2D eigenvalue weighted by atomic mass is 10.4. The smallest absolute Gasteiger partial charge is 0.357 e. The highest BCUT2D eigenvalue weighted by molar-refractivity contribution is 9.10. The van der Waals surface area contributed by atoms with Crippen LogP contribution in [-0.2, 0) is 16.6 Å². The van der Waals surface area contributed by atoms with E-state index in [9.17, 15) is 13.2 Å². The van der Waals surface area contributed by atoms with Gasteiger partial charge in [0.2, 0.25) is 10.0 Å². The first-order valence-electron chi connectivity index (χ1n) is 5.71. The first kappa shape index (κ1) is 16.1. The molecule has 114 valence electrons. The van der Waals surface area contributed by atoms with Crippen molar-refractivity contribution in [1.29, 1.82) is 0 Å². The van der Waals surface area contributed by atoms with Crippen molar-refractivity contribution in [3.63, 3.8) is 0 Å². The number of carboxylic acid groups (broad SMARTS) is 1. The molecule has 0 saturated heterocycles. The van der Waals surface area contributed by atoms with Crippen LogP contribution in [0.2, 0.25) is 0 Å². The lowest BCUT2D eigenvalue weighted by molar-refractivity contribution is 0.0686. The SMILES string of the molecule is Cc1[nH]nc(C(=O)O)c1S(=O)(=O)N(C)Cc1cc(Br)cs1. The molecular formula is C11H12BrN3O4S2. The molecule has 0 spiro atoms. The van der Waals surface area contributed by atoms with Gasteiger partial charge >= 0.3 is 5.97 Å². The van der Waals surface area contributed by atoms with Gasteiger partial charge in [0.05, 0.1) is 5.69 Å². The van der Waals surface area contributed by atoms with Crippen molar-refractivity contribution >= 4 is 43.3 Å². The molecule has 0 aliphatic carbocycles. The summed E-state index contributed by atoms with van der Waals surface area (Å²) in [7, 11) is -2.54. The summed E-state index contributed by atoms with van der Waals surface area (Å²) < 4.78 is 27.1. The number of aromatic carboxylic acids is 1. The van der Waals surface area contributed by atoms with Crippen LogP contribution in [-0.4, -0.2) is 41.0 Å². The number of nitrogens with one attached hydrogen (secondary N) is 1. The average Bonchev–Trinajstić information content (AvgIpc) is 2.95. The molecule has 0 atom stereocenters. The van der Waals surface area contributed by atoms with Gasteiger partial charge in [-0.25, -0.2) is 13.2 Å². The van der Waals surface area contributed by atoms with E-state index in [-0.39, 0.29) is 17.1 Å². The van der Waals surface area contributed by atoms with Crippen molar-refractivity contribution in [2.75, 3.05) is 7.05 Å². The Morgan fingerprint density at radius 2 is 2.24 bits per heavy atom. The van der Waals surface area contributed by atoms with Gasteiger partial charge in [-0.05, 0) is 28.9 Å². The number of carboxylic acids is 1. The maximum absolute atomic E-state index is 12.5. The minimum absolute atomic E-state index is 0.155. The topological polar surface area (TPSA) is 103 Å². The van der Waals surface area contributed by atoms with Crippen LogP contribution in [0, 0.1) is 6.92 Å². The van der Waals surface area contributed by atoms with E-state index >= 15 is 0 Å². The fourth-order valence-electron chi connectivity index (χ4n) is 1.78. The zero-order valence-corrected chi connectivity index (χ0v) is 14.3. The van der Waals surface area contributed by atoms with Crippen molar-refractivity contribution in [3.8, 4) is 0 Å². The second-order valence-electron chi connectivity index (χ2n) is 4.32. The van der Waals surface area contributed by atoms with Crippen LogP contribution < -0.4 is 0 Å². The van der Waals surface area contributed by atoms with E-state index in [1.807, 2.05) is 11.4 Å². The zero-order valence-electron chi connectivity index (χ0n) is 11.1. The summed E-state index contributed by atoms with van der Waals surface area (Å²) in [5.41, 5.74) is -0.293. The number of rotatable bonds is 5. The summed E-state index contributed by atoms with van der Waals surface area (Å²) in [4.78, 5) is 11.6. The number of hydrogen-bond donors (Lipinski definition) is 2. The van der Waals surface area contributed by atoms with Crippen LogP contribution in [0.5, 0.6) is 0 Å². The summed E-state index contributed by atoms with van der Waals surface area (Å²) >= 11 is 4.72. The van der Waals surface area contributed by atoms with Gasteiger partial charge in [0.15, 0.2) is 5.69 Å². The van der Waals surface area contributed by atoms with E-state index in [1.54, 1.807) is 0 Å². The Kier molecular flexibility index (Phi) is 4.51. The van der Waals surface area contributed by atoms with E-state index in [2.05, 4.69) is 26.1 Å². The van der Waals surface area contributed by atoms with Crippen molar-refractivity contribution < 1.29 is 18.3 Å².